The number of hydrogen-bond donors (Lipinski definition) is 4. The van der Waals surface area contributed by atoms with Crippen LogP contribution in [0.2, 0.25) is 0 Å². The second kappa shape index (κ2) is 37.7. The van der Waals surface area contributed by atoms with Crippen LogP contribution < -0.4 is 40.2 Å². The zero-order chi connectivity index (χ0) is 61.1. The van der Waals surface area contributed by atoms with Gasteiger partial charge in [0.05, 0.1) is 48.3 Å². The molecule has 2 unspecified atom stereocenters. The van der Waals surface area contributed by atoms with Crippen molar-refractivity contribution >= 4 is 84.8 Å². The summed E-state index contributed by atoms with van der Waals surface area (Å²) >= 11 is 0. The van der Waals surface area contributed by atoms with Crippen LogP contribution in [0.3, 0.4) is 0 Å². The first kappa shape index (κ1) is 73.7. The van der Waals surface area contributed by atoms with Gasteiger partial charge in [-0.1, -0.05) is 76.2 Å². The molecule has 0 saturated heterocycles. The van der Waals surface area contributed by atoms with E-state index in [1.807, 2.05) is 0 Å². The highest BCUT2D eigenvalue weighted by Crippen LogP contribution is 2.32. The molecule has 0 spiro atoms. The molecule has 0 fully saturated rings. The molecular formula is C58H74Cl2N4O20. The van der Waals surface area contributed by atoms with Gasteiger partial charge in [-0.15, -0.1) is 24.8 Å². The van der Waals surface area contributed by atoms with Crippen molar-refractivity contribution in [2.24, 2.45) is 11.8 Å². The number of amides is 2. The lowest BCUT2D eigenvalue weighted by molar-refractivity contribution is -0.170. The van der Waals surface area contributed by atoms with E-state index in [9.17, 15) is 47.9 Å². The van der Waals surface area contributed by atoms with Crippen molar-refractivity contribution in [2.45, 2.75) is 119 Å². The van der Waals surface area contributed by atoms with Gasteiger partial charge >= 0.3 is 59.9 Å². The number of hydrogen-bond acceptors (Lipinski definition) is 22. The van der Waals surface area contributed by atoms with E-state index in [0.29, 0.717) is 11.1 Å². The van der Waals surface area contributed by atoms with Crippen LogP contribution >= 0.6 is 24.8 Å². The third-order valence-corrected chi connectivity index (χ3v) is 10.3. The highest BCUT2D eigenvalue weighted by atomic mass is 35.5. The summed E-state index contributed by atoms with van der Waals surface area (Å²) in [5.74, 6) is -6.31. The number of halogens is 2. The zero-order valence-corrected chi connectivity index (χ0v) is 50.3. The van der Waals surface area contributed by atoms with Crippen molar-refractivity contribution in [2.75, 3.05) is 27.2 Å². The van der Waals surface area contributed by atoms with Crippen LogP contribution in [0.5, 0.6) is 23.0 Å². The molecule has 26 heteroatoms. The molecular weight excluding hydrogens is 1140 g/mol. The summed E-state index contributed by atoms with van der Waals surface area (Å²) in [6.07, 6.45) is -5.63. The summed E-state index contributed by atoms with van der Waals surface area (Å²) in [6.45, 7) is 15.6. The molecule has 0 aliphatic carbocycles. The molecule has 0 radical (unpaired) electrons. The Labute approximate surface area is 499 Å². The molecule has 0 heterocycles. The molecule has 0 bridgehead atoms. The molecule has 24 nitrogen and oxygen atoms in total. The maximum absolute atomic E-state index is 12.8. The quantitative estimate of drug-likeness (QED) is 0.0209. The van der Waals surface area contributed by atoms with Crippen molar-refractivity contribution in [3.05, 3.63) is 119 Å². The zero-order valence-electron chi connectivity index (χ0n) is 48.7. The lowest BCUT2D eigenvalue weighted by Gasteiger charge is -2.21. The standard InChI is InChI=1S/2C29H36N2O10.2ClH/c1-17(2)26(33)38-19(5)39-29(36)31-22(28(35)37-18(3)4)14-20-12-13-23(24(15-20)40-25(32)16-30-6)41-27(34)21-10-8-7-9-11-21;1-17(2)26(33)38-19(5)39-29(36)31-22(28(35)37-18(3)4)14-20-12-13-23(40-25(32)16-30-6)24(15-20)41-27(34)21-10-8-7-9-11-21;;/h2*7-13,15,17-19,22,30H,14,16H2,1-6H3,(H,31,36);2*1H/t2*19?,22-;;/m00../s1. The summed E-state index contributed by atoms with van der Waals surface area (Å²) in [6, 6.07) is 22.7. The number of likely N-dealkylation sites (N-methyl/N-ethyl adjacent to an activating group) is 2. The summed E-state index contributed by atoms with van der Waals surface area (Å²) < 4.78 is 52.5. The average molecular weight is 1220 g/mol. The maximum atomic E-state index is 12.8. The van der Waals surface area contributed by atoms with Crippen LogP contribution in [0, 0.1) is 11.8 Å². The van der Waals surface area contributed by atoms with Gasteiger partial charge in [0.15, 0.2) is 23.0 Å². The van der Waals surface area contributed by atoms with Gasteiger partial charge in [0, 0.05) is 26.7 Å². The van der Waals surface area contributed by atoms with Gasteiger partial charge in [-0.05, 0) is 101 Å². The molecule has 4 aromatic rings. The van der Waals surface area contributed by atoms with E-state index >= 15 is 0 Å². The Kier molecular flexibility index (Phi) is 33.1. The molecule has 460 valence electrons. The van der Waals surface area contributed by atoms with E-state index in [2.05, 4.69) is 21.3 Å². The van der Waals surface area contributed by atoms with Crippen LogP contribution in [0.4, 0.5) is 9.59 Å². The van der Waals surface area contributed by atoms with Gasteiger partial charge in [-0.3, -0.25) is 19.2 Å². The minimum atomic E-state index is -1.23. The SMILES string of the molecule is CNCC(=O)Oc1cc(C[C@H](NC(=O)OC(C)OC(=O)C(C)C)C(=O)OC(C)C)ccc1OC(=O)c1ccccc1.CNCC(=O)Oc1ccc(C[C@H](NC(=O)OC(C)OC(=O)C(C)C)C(=O)OC(C)C)cc1OC(=O)c1ccccc1.Cl.Cl. The summed E-state index contributed by atoms with van der Waals surface area (Å²) in [7, 11) is 3.14. The molecule has 0 aliphatic rings. The molecule has 0 aliphatic heterocycles. The number of alkyl carbamates (subject to hydrolysis) is 2. The van der Waals surface area contributed by atoms with Gasteiger partial charge in [0.25, 0.3) is 0 Å². The number of ether oxygens (including phenoxy) is 10. The number of carbonyl (C=O) groups is 10. The molecule has 0 aromatic heterocycles. The van der Waals surface area contributed by atoms with E-state index in [0.717, 1.165) is 0 Å². The number of benzene rings is 4. The van der Waals surface area contributed by atoms with Gasteiger partial charge in [0.1, 0.15) is 12.1 Å². The fraction of sp³-hybridized carbons (Fsp3) is 0.414. The van der Waals surface area contributed by atoms with Crippen LogP contribution in [-0.2, 0) is 70.0 Å². The number of esters is 8. The summed E-state index contributed by atoms with van der Waals surface area (Å²) in [5, 5.41) is 10.2. The summed E-state index contributed by atoms with van der Waals surface area (Å²) in [4.78, 5) is 124. The molecule has 4 N–H and O–H groups in total. The first-order chi connectivity index (χ1) is 38.8. The van der Waals surface area contributed by atoms with Crippen LogP contribution in [0.1, 0.15) is 101 Å². The monoisotopic (exact) mass is 1220 g/mol. The first-order valence-corrected chi connectivity index (χ1v) is 26.1. The topological polar surface area (TPSA) is 311 Å². The van der Waals surface area contributed by atoms with Gasteiger partial charge in [-0.25, -0.2) is 28.8 Å². The van der Waals surface area contributed by atoms with Gasteiger partial charge < -0.3 is 68.6 Å². The van der Waals surface area contributed by atoms with Crippen molar-refractivity contribution in [1.29, 1.82) is 0 Å². The maximum Gasteiger partial charge on any atom is 0.410 e. The fourth-order valence-electron chi connectivity index (χ4n) is 6.55. The lowest BCUT2D eigenvalue weighted by atomic mass is 10.1. The molecule has 0 saturated carbocycles. The lowest BCUT2D eigenvalue weighted by Crippen LogP contribution is -2.45. The van der Waals surface area contributed by atoms with Crippen LogP contribution in [-0.4, -0.2) is 124 Å². The van der Waals surface area contributed by atoms with E-state index in [-0.39, 0.29) is 84.9 Å². The normalized spacial score (nSPS) is 11.9. The van der Waals surface area contributed by atoms with Crippen LogP contribution in [0.25, 0.3) is 0 Å². The Morgan fingerprint density at radius 3 is 1.07 bits per heavy atom. The summed E-state index contributed by atoms with van der Waals surface area (Å²) in [5.41, 5.74) is 1.42. The first-order valence-electron chi connectivity index (χ1n) is 26.1. The molecule has 4 aromatic carbocycles. The number of rotatable bonds is 26. The highest BCUT2D eigenvalue weighted by Gasteiger charge is 2.29. The van der Waals surface area contributed by atoms with Crippen molar-refractivity contribution in [3.63, 3.8) is 0 Å². The fourth-order valence-corrected chi connectivity index (χ4v) is 6.55. The molecule has 4 rings (SSSR count). The Hall–Kier alpha value is -8.32. The second-order valence-electron chi connectivity index (χ2n) is 19.0. The third-order valence-electron chi connectivity index (χ3n) is 10.3. The van der Waals surface area contributed by atoms with E-state index in [1.54, 1.807) is 136 Å². The minimum Gasteiger partial charge on any atom is -0.461 e. The Bertz CT molecular complexity index is 2820. The largest absolute Gasteiger partial charge is 0.461 e. The van der Waals surface area contributed by atoms with Crippen molar-refractivity contribution in [3.8, 4) is 23.0 Å². The number of nitrogens with one attached hydrogen (secondary N) is 4. The number of carbonyl (C=O) groups excluding carboxylic acids is 10. The third kappa shape index (κ3) is 27.2. The van der Waals surface area contributed by atoms with Crippen molar-refractivity contribution in [1.82, 2.24) is 21.3 Å². The van der Waals surface area contributed by atoms with Crippen molar-refractivity contribution < 1.29 is 95.3 Å². The van der Waals surface area contributed by atoms with E-state index in [4.69, 9.17) is 47.4 Å². The van der Waals surface area contributed by atoms with Crippen LogP contribution in [0.15, 0.2) is 97.1 Å². The Morgan fingerprint density at radius 1 is 0.393 bits per heavy atom. The molecule has 4 atom stereocenters. The molecule has 84 heavy (non-hydrogen) atoms. The van der Waals surface area contributed by atoms with Gasteiger partial charge in [-0.2, -0.15) is 0 Å². The minimum absolute atomic E-state index is 0. The van der Waals surface area contributed by atoms with Gasteiger partial charge in [0.2, 0.25) is 12.6 Å². The van der Waals surface area contributed by atoms with E-state index in [1.165, 1.54) is 44.2 Å². The van der Waals surface area contributed by atoms with E-state index < -0.39 is 109 Å². The predicted octanol–water partition coefficient (Wildman–Crippen LogP) is 7.17. The predicted molar refractivity (Wildman–Crippen MR) is 307 cm³/mol. The smallest absolute Gasteiger partial charge is 0.410 e. The molecule has 2 amide bonds. The Morgan fingerprint density at radius 2 is 0.726 bits per heavy atom. The average Bonchev–Trinajstić information content (AvgIpc) is 3.58. The second-order valence-corrected chi connectivity index (χ2v) is 19.0. The Balaban J connectivity index is 0.000000820. The highest BCUT2D eigenvalue weighted by molar-refractivity contribution is 5.92.